The normalized spacial score (nSPS) is 19.8. The molecule has 3 N–H and O–H groups in total. The van der Waals surface area contributed by atoms with E-state index in [-0.39, 0.29) is 29.8 Å². The Labute approximate surface area is 224 Å². The molecule has 2 fully saturated rings. The monoisotopic (exact) mass is 555 g/mol. The number of carboxylic acids is 1. The van der Waals surface area contributed by atoms with E-state index in [9.17, 15) is 22.4 Å². The molecule has 0 spiro atoms. The number of hydrogen-bond donors (Lipinski definition) is 3. The number of halogens is 4. The van der Waals surface area contributed by atoms with Crippen molar-refractivity contribution < 1.29 is 37.0 Å². The van der Waals surface area contributed by atoms with E-state index in [1.54, 1.807) is 19.2 Å². The first-order valence-corrected chi connectivity index (χ1v) is 12.7. The molecule has 2 aliphatic rings. The Balaban J connectivity index is 0.000000532. The fourth-order valence-electron chi connectivity index (χ4n) is 4.33. The zero-order valence-electron chi connectivity index (χ0n) is 21.8. The number of methoxy groups -OCH3 is 1. The molecular formula is C26H33F4N5O4. The van der Waals surface area contributed by atoms with Crippen LogP contribution in [0.15, 0.2) is 30.5 Å². The number of carboxylic acid groups (broad SMARTS) is 1. The van der Waals surface area contributed by atoms with Crippen LogP contribution in [0.4, 0.5) is 23.4 Å². The van der Waals surface area contributed by atoms with Crippen molar-refractivity contribution in [3.8, 4) is 0 Å². The van der Waals surface area contributed by atoms with Crippen LogP contribution >= 0.6 is 0 Å². The number of amides is 1. The predicted octanol–water partition coefficient (Wildman–Crippen LogP) is 3.82. The van der Waals surface area contributed by atoms with Gasteiger partial charge in [-0.05, 0) is 56.5 Å². The molecule has 13 heteroatoms. The highest BCUT2D eigenvalue weighted by Gasteiger charge is 2.38. The van der Waals surface area contributed by atoms with Gasteiger partial charge in [-0.1, -0.05) is 19.1 Å². The van der Waals surface area contributed by atoms with E-state index in [2.05, 4.69) is 20.5 Å². The number of anilines is 1. The number of carbonyl (C=O) groups is 2. The van der Waals surface area contributed by atoms with Crippen LogP contribution in [-0.4, -0.2) is 83.5 Å². The van der Waals surface area contributed by atoms with Crippen molar-refractivity contribution in [2.75, 3.05) is 38.6 Å². The molecule has 2 heterocycles. The fraction of sp³-hybridized carbons (Fsp3) is 0.538. The molecule has 1 aliphatic heterocycles. The predicted molar refractivity (Wildman–Crippen MR) is 135 cm³/mol. The summed E-state index contributed by atoms with van der Waals surface area (Å²) in [6.07, 6.45) is 0.782. The molecule has 0 bridgehead atoms. The van der Waals surface area contributed by atoms with Crippen LogP contribution in [0.5, 0.6) is 0 Å². The number of hydrogen-bond acceptors (Lipinski definition) is 7. The van der Waals surface area contributed by atoms with Gasteiger partial charge in [0.15, 0.2) is 0 Å². The summed E-state index contributed by atoms with van der Waals surface area (Å²) in [4.78, 5) is 33.3. The van der Waals surface area contributed by atoms with Gasteiger partial charge in [-0.25, -0.2) is 19.2 Å². The van der Waals surface area contributed by atoms with Gasteiger partial charge >= 0.3 is 12.1 Å². The first kappa shape index (κ1) is 30.2. The number of benzene rings is 1. The zero-order chi connectivity index (χ0) is 28.6. The highest BCUT2D eigenvalue weighted by Crippen LogP contribution is 2.28. The van der Waals surface area contributed by atoms with Gasteiger partial charge in [-0.2, -0.15) is 13.2 Å². The second kappa shape index (κ2) is 13.7. The van der Waals surface area contributed by atoms with Crippen LogP contribution in [0.3, 0.4) is 0 Å². The van der Waals surface area contributed by atoms with E-state index in [4.69, 9.17) is 19.6 Å². The summed E-state index contributed by atoms with van der Waals surface area (Å²) in [6.45, 7) is 5.97. The van der Waals surface area contributed by atoms with Gasteiger partial charge in [-0.3, -0.25) is 4.79 Å². The molecule has 1 saturated carbocycles. The van der Waals surface area contributed by atoms with E-state index < -0.39 is 12.1 Å². The summed E-state index contributed by atoms with van der Waals surface area (Å²) in [6, 6.07) is 6.49. The minimum atomic E-state index is -5.08. The summed E-state index contributed by atoms with van der Waals surface area (Å²) < 4.78 is 50.4. The number of nitrogens with one attached hydrogen (secondary N) is 2. The lowest BCUT2D eigenvalue weighted by atomic mass is 9.89. The van der Waals surface area contributed by atoms with E-state index in [1.807, 2.05) is 6.92 Å². The third-order valence-corrected chi connectivity index (χ3v) is 6.74. The number of nitrogens with zero attached hydrogens (tertiary/aromatic N) is 3. The van der Waals surface area contributed by atoms with Crippen molar-refractivity contribution in [1.82, 2.24) is 20.2 Å². The average Bonchev–Trinajstić information content (AvgIpc) is 3.39. The maximum atomic E-state index is 13.4. The highest BCUT2D eigenvalue weighted by molar-refractivity contribution is 5.92. The van der Waals surface area contributed by atoms with Gasteiger partial charge in [0.2, 0.25) is 0 Å². The van der Waals surface area contributed by atoms with Crippen LogP contribution in [-0.2, 0) is 9.53 Å². The van der Waals surface area contributed by atoms with Crippen molar-refractivity contribution in [2.45, 2.75) is 56.8 Å². The molecule has 2 aromatic rings. The minimum Gasteiger partial charge on any atom is -0.475 e. The van der Waals surface area contributed by atoms with Crippen LogP contribution < -0.4 is 10.6 Å². The lowest BCUT2D eigenvalue weighted by Crippen LogP contribution is -2.47. The topological polar surface area (TPSA) is 117 Å². The second-order valence-corrected chi connectivity index (χ2v) is 9.54. The number of ether oxygens (including phenoxy) is 1. The van der Waals surface area contributed by atoms with Gasteiger partial charge in [0.25, 0.3) is 5.91 Å². The lowest BCUT2D eigenvalue weighted by molar-refractivity contribution is -0.192. The Morgan fingerprint density at radius 3 is 2.36 bits per heavy atom. The first-order chi connectivity index (χ1) is 18.5. The minimum absolute atomic E-state index is 0.102. The zero-order valence-corrected chi connectivity index (χ0v) is 21.8. The molecule has 1 amide bonds. The quantitative estimate of drug-likeness (QED) is 0.400. The highest BCUT2D eigenvalue weighted by atomic mass is 19.4. The van der Waals surface area contributed by atoms with Gasteiger partial charge < -0.3 is 25.4 Å². The standard InChI is InChI=1S/C24H32FN5O2.C2HF3O2/c1-16(17-5-7-18(25)8-6-17)22-23(26-9-12-30-10-3-4-11-30)27-15-21(29-22)24(31)28-19-13-20(14-19)32-2;3-2(4,5)1(6)7/h5-8,15-16,19-20H,3-4,9-14H2,1-2H3,(H,26,27)(H,28,31);(H,6,7)/t16?,19-,20-;. The molecule has 1 aliphatic carbocycles. The van der Waals surface area contributed by atoms with Crippen LogP contribution in [0.25, 0.3) is 0 Å². The molecule has 1 aromatic heterocycles. The van der Waals surface area contributed by atoms with Crippen LogP contribution in [0.2, 0.25) is 0 Å². The average molecular weight is 556 g/mol. The Hall–Kier alpha value is -3.32. The molecule has 4 rings (SSSR count). The number of alkyl halides is 3. The number of aliphatic carboxylic acids is 1. The molecule has 1 aromatic carbocycles. The Morgan fingerprint density at radius 2 is 1.79 bits per heavy atom. The SMILES string of the molecule is CO[C@H]1C[C@H](NC(=O)c2cnc(NCCN3CCCC3)c(C(C)c3ccc(F)cc3)n2)C1.O=C(O)C(F)(F)F. The van der Waals surface area contributed by atoms with E-state index in [1.165, 1.54) is 31.2 Å². The third kappa shape index (κ3) is 8.85. The van der Waals surface area contributed by atoms with Crippen molar-refractivity contribution in [2.24, 2.45) is 0 Å². The molecule has 9 nitrogen and oxygen atoms in total. The number of likely N-dealkylation sites (tertiary alicyclic amines) is 1. The van der Waals surface area contributed by atoms with Crippen molar-refractivity contribution in [1.29, 1.82) is 0 Å². The lowest BCUT2D eigenvalue weighted by Gasteiger charge is -2.34. The summed E-state index contributed by atoms with van der Waals surface area (Å²) in [5.74, 6) is -2.74. The summed E-state index contributed by atoms with van der Waals surface area (Å²) in [5, 5.41) is 13.5. The van der Waals surface area contributed by atoms with Crippen molar-refractivity contribution in [3.05, 3.63) is 53.2 Å². The second-order valence-electron chi connectivity index (χ2n) is 9.54. The summed E-state index contributed by atoms with van der Waals surface area (Å²) in [7, 11) is 1.69. The molecule has 1 saturated heterocycles. The maximum absolute atomic E-state index is 13.4. The number of rotatable bonds is 9. The maximum Gasteiger partial charge on any atom is 0.490 e. The Bertz CT molecular complexity index is 1100. The largest absolute Gasteiger partial charge is 0.490 e. The summed E-state index contributed by atoms with van der Waals surface area (Å²) >= 11 is 0. The first-order valence-electron chi connectivity index (χ1n) is 12.7. The van der Waals surface area contributed by atoms with Crippen molar-refractivity contribution >= 4 is 17.7 Å². The molecule has 1 atom stereocenters. The van der Waals surface area contributed by atoms with E-state index >= 15 is 0 Å². The molecule has 39 heavy (non-hydrogen) atoms. The van der Waals surface area contributed by atoms with Gasteiger partial charge in [0.1, 0.15) is 17.3 Å². The third-order valence-electron chi connectivity index (χ3n) is 6.74. The van der Waals surface area contributed by atoms with Crippen LogP contribution in [0, 0.1) is 5.82 Å². The molecule has 0 radical (unpaired) electrons. The van der Waals surface area contributed by atoms with Gasteiger partial charge in [0, 0.05) is 32.2 Å². The van der Waals surface area contributed by atoms with E-state index in [0.717, 1.165) is 44.6 Å². The number of carbonyl (C=O) groups excluding carboxylic acids is 1. The fourth-order valence-corrected chi connectivity index (χ4v) is 4.33. The molecule has 214 valence electrons. The Morgan fingerprint density at radius 1 is 1.18 bits per heavy atom. The summed E-state index contributed by atoms with van der Waals surface area (Å²) in [5.41, 5.74) is 1.90. The van der Waals surface area contributed by atoms with Crippen LogP contribution in [0.1, 0.15) is 60.3 Å². The van der Waals surface area contributed by atoms with Gasteiger partial charge in [0.05, 0.1) is 18.0 Å². The Kier molecular flexibility index (Phi) is 10.6. The van der Waals surface area contributed by atoms with Gasteiger partial charge in [-0.15, -0.1) is 0 Å². The smallest absolute Gasteiger partial charge is 0.475 e. The van der Waals surface area contributed by atoms with E-state index in [0.29, 0.717) is 17.2 Å². The van der Waals surface area contributed by atoms with Crippen molar-refractivity contribution in [3.63, 3.8) is 0 Å². The molecule has 1 unspecified atom stereocenters. The number of aromatic nitrogens is 2. The molecular weight excluding hydrogens is 522 g/mol.